The molecule has 0 radical (unpaired) electrons. The molecule has 31 heavy (non-hydrogen) atoms. The SMILES string of the molecule is COCCOCCOCC[N+](C)(C)CCC(C)(C)NCl.Cc1ccc(S(=O)(=O)[O-])cc1. The van der Waals surface area contributed by atoms with Gasteiger partial charge in [0.25, 0.3) is 0 Å². The fourth-order valence-corrected chi connectivity index (χ4v) is 2.79. The van der Waals surface area contributed by atoms with E-state index < -0.39 is 10.1 Å². The summed E-state index contributed by atoms with van der Waals surface area (Å²) in [5.74, 6) is 0. The van der Waals surface area contributed by atoms with Crippen molar-refractivity contribution in [3.63, 3.8) is 0 Å². The molecule has 0 aromatic heterocycles. The molecule has 1 N–H and O–H groups in total. The van der Waals surface area contributed by atoms with E-state index in [-0.39, 0.29) is 10.4 Å². The molecule has 0 fully saturated rings. The maximum Gasteiger partial charge on any atom is 0.124 e. The standard InChI is InChI=1S/C14H32ClN2O3.C7H8O3S/c1-14(2,16-15)6-7-17(3,4)8-9-19-12-13-20-11-10-18-5;1-6-2-4-7(5-3-6)11(8,9)10/h16H,6-13H2,1-5H3;2-5H,1H3,(H,8,9,10)/q+1;/p-1. The van der Waals surface area contributed by atoms with Crippen molar-refractivity contribution >= 4 is 21.9 Å². The predicted molar refractivity (Wildman–Crippen MR) is 122 cm³/mol. The van der Waals surface area contributed by atoms with E-state index in [1.807, 2.05) is 6.92 Å². The van der Waals surface area contributed by atoms with Gasteiger partial charge in [-0.2, -0.15) is 0 Å². The van der Waals surface area contributed by atoms with Gasteiger partial charge in [0.15, 0.2) is 0 Å². The predicted octanol–water partition coefficient (Wildman–Crippen LogP) is 2.55. The first-order valence-corrected chi connectivity index (χ1v) is 12.0. The monoisotopic (exact) mass is 482 g/mol. The highest BCUT2D eigenvalue weighted by molar-refractivity contribution is 7.85. The summed E-state index contributed by atoms with van der Waals surface area (Å²) in [6, 6.07) is 5.78. The van der Waals surface area contributed by atoms with E-state index >= 15 is 0 Å². The van der Waals surface area contributed by atoms with Crippen LogP contribution in [0.15, 0.2) is 29.2 Å². The number of aryl methyl sites for hydroxylation is 1. The zero-order valence-corrected chi connectivity index (χ0v) is 21.2. The van der Waals surface area contributed by atoms with Crippen molar-refractivity contribution in [1.29, 1.82) is 0 Å². The average molecular weight is 483 g/mol. The number of likely N-dealkylation sites (N-methyl/N-ethyl adjacent to an activating group) is 1. The lowest BCUT2D eigenvalue weighted by Gasteiger charge is -2.33. The smallest absolute Gasteiger partial charge is 0.124 e. The Bertz CT molecular complexity index is 696. The van der Waals surface area contributed by atoms with Crippen molar-refractivity contribution in [2.45, 2.75) is 37.6 Å². The van der Waals surface area contributed by atoms with Gasteiger partial charge >= 0.3 is 0 Å². The first-order chi connectivity index (χ1) is 14.3. The highest BCUT2D eigenvalue weighted by Crippen LogP contribution is 2.12. The lowest BCUT2D eigenvalue weighted by atomic mass is 10.0. The first kappa shape index (κ1) is 30.2. The number of ether oxygens (including phenoxy) is 3. The molecule has 0 unspecified atom stereocenters. The molecule has 0 atom stereocenters. The number of quaternary nitrogens is 1. The van der Waals surface area contributed by atoms with Crippen LogP contribution in [0, 0.1) is 6.92 Å². The quantitative estimate of drug-likeness (QED) is 0.188. The lowest BCUT2D eigenvalue weighted by molar-refractivity contribution is -0.891. The summed E-state index contributed by atoms with van der Waals surface area (Å²) in [6.45, 7) is 11.3. The number of rotatable bonds is 14. The van der Waals surface area contributed by atoms with Crippen molar-refractivity contribution in [1.82, 2.24) is 4.84 Å². The van der Waals surface area contributed by atoms with Gasteiger partial charge in [-0.05, 0) is 44.7 Å². The van der Waals surface area contributed by atoms with Gasteiger partial charge in [-0.25, -0.2) is 13.3 Å². The Labute approximate surface area is 193 Å². The molecule has 1 aromatic rings. The Morgan fingerprint density at radius 2 is 1.52 bits per heavy atom. The molecule has 0 aliphatic heterocycles. The van der Waals surface area contributed by atoms with Crippen molar-refractivity contribution < 1.29 is 31.7 Å². The second kappa shape index (κ2) is 15.1. The summed E-state index contributed by atoms with van der Waals surface area (Å²) in [6.07, 6.45) is 1.02. The van der Waals surface area contributed by atoms with Crippen LogP contribution in [0.4, 0.5) is 0 Å². The van der Waals surface area contributed by atoms with Gasteiger partial charge < -0.3 is 23.2 Å². The Morgan fingerprint density at radius 1 is 1.00 bits per heavy atom. The third kappa shape index (κ3) is 16.5. The van der Waals surface area contributed by atoms with E-state index in [1.54, 1.807) is 19.2 Å². The topological polar surface area (TPSA) is 96.9 Å². The van der Waals surface area contributed by atoms with Gasteiger partial charge in [0, 0.05) is 19.1 Å². The zero-order chi connectivity index (χ0) is 24.0. The highest BCUT2D eigenvalue weighted by Gasteiger charge is 2.22. The number of benzene rings is 1. The average Bonchev–Trinajstić information content (AvgIpc) is 2.69. The Hall–Kier alpha value is -0.780. The van der Waals surface area contributed by atoms with Crippen LogP contribution in [0.2, 0.25) is 0 Å². The minimum absolute atomic E-state index is 0.0346. The molecule has 0 saturated carbocycles. The molecule has 0 spiro atoms. The van der Waals surface area contributed by atoms with Gasteiger partial charge in [0.2, 0.25) is 0 Å². The molecule has 8 nitrogen and oxygen atoms in total. The maximum atomic E-state index is 10.4. The number of halogens is 1. The third-order valence-corrected chi connectivity index (χ3v) is 5.91. The molecular weight excluding hydrogens is 444 g/mol. The summed E-state index contributed by atoms with van der Waals surface area (Å²) in [4.78, 5) is 2.64. The summed E-state index contributed by atoms with van der Waals surface area (Å²) in [7, 11) is 1.82. The molecular formula is C21H39ClN2O6S. The number of hydrogen-bond donors (Lipinski definition) is 1. The number of nitrogens with zero attached hydrogens (tertiary/aromatic N) is 1. The number of hydrogen-bond acceptors (Lipinski definition) is 7. The van der Waals surface area contributed by atoms with E-state index in [0.717, 1.165) is 36.2 Å². The maximum absolute atomic E-state index is 10.4. The van der Waals surface area contributed by atoms with Gasteiger partial charge in [0.05, 0.1) is 58.6 Å². The first-order valence-electron chi connectivity index (χ1n) is 10.2. The Morgan fingerprint density at radius 3 is 2.00 bits per heavy atom. The zero-order valence-electron chi connectivity index (χ0n) is 19.6. The second-order valence-corrected chi connectivity index (χ2v) is 10.2. The minimum atomic E-state index is -4.27. The van der Waals surface area contributed by atoms with Crippen LogP contribution in [0.25, 0.3) is 0 Å². The number of methoxy groups -OCH3 is 1. The van der Waals surface area contributed by atoms with Crippen molar-refractivity contribution in [3.8, 4) is 0 Å². The fourth-order valence-electron chi connectivity index (χ4n) is 2.22. The van der Waals surface area contributed by atoms with E-state index in [9.17, 15) is 13.0 Å². The molecule has 0 heterocycles. The Balaban J connectivity index is 0.000000683. The van der Waals surface area contributed by atoms with Crippen molar-refractivity contribution in [2.75, 3.05) is 67.3 Å². The number of nitrogens with one attached hydrogen (secondary N) is 1. The van der Waals surface area contributed by atoms with Crippen molar-refractivity contribution in [3.05, 3.63) is 29.8 Å². The summed E-state index contributed by atoms with van der Waals surface area (Å²) < 4.78 is 47.9. The normalized spacial score (nSPS) is 12.4. The fraction of sp³-hybridized carbons (Fsp3) is 0.714. The minimum Gasteiger partial charge on any atom is -0.744 e. The van der Waals surface area contributed by atoms with Crippen LogP contribution in [0.1, 0.15) is 25.8 Å². The van der Waals surface area contributed by atoms with E-state index in [0.29, 0.717) is 26.4 Å². The van der Waals surface area contributed by atoms with E-state index in [2.05, 4.69) is 32.8 Å². The van der Waals surface area contributed by atoms with Gasteiger partial charge in [0.1, 0.15) is 16.7 Å². The lowest BCUT2D eigenvalue weighted by Crippen LogP contribution is -2.47. The summed E-state index contributed by atoms with van der Waals surface area (Å²) >= 11 is 5.72. The van der Waals surface area contributed by atoms with Crippen LogP contribution in [-0.4, -0.2) is 90.3 Å². The largest absolute Gasteiger partial charge is 0.744 e. The molecule has 0 aliphatic rings. The van der Waals surface area contributed by atoms with Crippen molar-refractivity contribution in [2.24, 2.45) is 0 Å². The van der Waals surface area contributed by atoms with Crippen LogP contribution in [0.3, 0.4) is 0 Å². The third-order valence-electron chi connectivity index (χ3n) is 4.55. The molecule has 0 bridgehead atoms. The molecule has 0 aliphatic carbocycles. The molecule has 0 amide bonds. The van der Waals surface area contributed by atoms with Crippen LogP contribution in [0.5, 0.6) is 0 Å². The van der Waals surface area contributed by atoms with Crippen LogP contribution >= 0.6 is 11.8 Å². The molecule has 1 aromatic carbocycles. The van der Waals surface area contributed by atoms with Gasteiger partial charge in [-0.3, -0.25) is 0 Å². The summed E-state index contributed by atoms with van der Waals surface area (Å²) in [5.41, 5.74) is 0.894. The van der Waals surface area contributed by atoms with Crippen LogP contribution < -0.4 is 4.84 Å². The van der Waals surface area contributed by atoms with Gasteiger partial charge in [-0.15, -0.1) is 0 Å². The molecule has 182 valence electrons. The molecule has 1 rings (SSSR count). The Kier molecular flexibility index (Phi) is 14.7. The molecule has 0 saturated heterocycles. The second-order valence-electron chi connectivity index (χ2n) is 8.60. The van der Waals surface area contributed by atoms with E-state index in [1.165, 1.54) is 12.1 Å². The highest BCUT2D eigenvalue weighted by atomic mass is 35.5. The van der Waals surface area contributed by atoms with Gasteiger partial charge in [-0.1, -0.05) is 17.7 Å². The molecule has 10 heteroatoms. The van der Waals surface area contributed by atoms with Crippen LogP contribution in [-0.2, 0) is 24.3 Å². The summed E-state index contributed by atoms with van der Waals surface area (Å²) in [5, 5.41) is 0. The van der Waals surface area contributed by atoms with E-state index in [4.69, 9.17) is 26.0 Å².